The van der Waals surface area contributed by atoms with Gasteiger partial charge in [-0.25, -0.2) is 9.97 Å². The van der Waals surface area contributed by atoms with Gasteiger partial charge in [-0.15, -0.1) is 0 Å². The second-order valence-corrected chi connectivity index (χ2v) is 8.42. The van der Waals surface area contributed by atoms with Crippen molar-refractivity contribution in [2.45, 2.75) is 11.9 Å². The molecule has 0 unspecified atom stereocenters. The molecule has 0 aliphatic carbocycles. The zero-order valence-electron chi connectivity index (χ0n) is 16.8. The highest BCUT2D eigenvalue weighted by molar-refractivity contribution is 8.00. The third kappa shape index (κ3) is 4.71. The average molecular weight is 451 g/mol. The van der Waals surface area contributed by atoms with Gasteiger partial charge < -0.3 is 14.8 Å². The summed E-state index contributed by atoms with van der Waals surface area (Å²) in [6.45, 7) is 2.52. The molecule has 2 heterocycles. The molecule has 4 aromatic rings. The van der Waals surface area contributed by atoms with E-state index in [-0.39, 0.29) is 11.7 Å². The molecule has 0 atom stereocenters. The smallest absolute Gasteiger partial charge is 0.236 e. The van der Waals surface area contributed by atoms with E-state index < -0.39 is 0 Å². The van der Waals surface area contributed by atoms with Crippen molar-refractivity contribution < 1.29 is 14.3 Å². The van der Waals surface area contributed by atoms with Crippen molar-refractivity contribution >= 4 is 55.3 Å². The molecular formula is C22H18N4O3S2. The summed E-state index contributed by atoms with van der Waals surface area (Å²) in [4.78, 5) is 21.5. The summed E-state index contributed by atoms with van der Waals surface area (Å²) in [5, 5.41) is 14.2. The lowest BCUT2D eigenvalue weighted by molar-refractivity contribution is -0.113. The number of nitrogens with zero attached hydrogens (tertiary/aromatic N) is 3. The first kappa shape index (κ1) is 20.9. The number of anilines is 1. The molecule has 0 aliphatic heterocycles. The summed E-state index contributed by atoms with van der Waals surface area (Å²) in [6.07, 6.45) is 0. The number of hydrogen-bond donors (Lipinski definition) is 1. The second-order valence-electron chi connectivity index (χ2n) is 6.43. The fourth-order valence-corrected chi connectivity index (χ4v) is 4.62. The number of hydrogen-bond acceptors (Lipinski definition) is 8. The lowest BCUT2D eigenvalue weighted by atomic mass is 10.1. The Labute approximate surface area is 187 Å². The Bertz CT molecular complexity index is 1310. The van der Waals surface area contributed by atoms with Gasteiger partial charge >= 0.3 is 0 Å². The molecular weight excluding hydrogens is 432 g/mol. The van der Waals surface area contributed by atoms with Crippen LogP contribution in [-0.4, -0.2) is 35.3 Å². The number of amides is 1. The van der Waals surface area contributed by atoms with E-state index in [4.69, 9.17) is 9.47 Å². The molecule has 0 bridgehead atoms. The Balaban J connectivity index is 1.47. The molecule has 0 saturated carbocycles. The minimum absolute atomic E-state index is 0.108. The fourth-order valence-electron chi connectivity index (χ4n) is 2.95. The number of thiazole rings is 1. The van der Waals surface area contributed by atoms with Crippen molar-refractivity contribution in [1.29, 1.82) is 5.26 Å². The number of carbonyl (C=O) groups is 1. The Hall–Kier alpha value is -3.35. The molecule has 4 rings (SSSR count). The Kier molecular flexibility index (Phi) is 6.21. The number of rotatable bonds is 7. The molecule has 9 heteroatoms. The number of ether oxygens (including phenoxy) is 2. The molecule has 156 valence electrons. The van der Waals surface area contributed by atoms with Gasteiger partial charge in [0.15, 0.2) is 5.13 Å². The van der Waals surface area contributed by atoms with E-state index in [1.165, 1.54) is 23.1 Å². The number of fused-ring (bicyclic) bond motifs is 2. The number of pyridine rings is 1. The molecule has 2 aromatic carbocycles. The van der Waals surface area contributed by atoms with Crippen LogP contribution in [-0.2, 0) is 4.79 Å². The lowest BCUT2D eigenvalue weighted by Gasteiger charge is -2.07. The number of nitriles is 1. The number of benzene rings is 2. The molecule has 31 heavy (non-hydrogen) atoms. The van der Waals surface area contributed by atoms with Crippen LogP contribution in [0, 0.1) is 11.3 Å². The largest absolute Gasteiger partial charge is 0.497 e. The monoisotopic (exact) mass is 450 g/mol. The van der Waals surface area contributed by atoms with Crippen molar-refractivity contribution in [3.63, 3.8) is 0 Å². The summed E-state index contributed by atoms with van der Waals surface area (Å²) in [5.41, 5.74) is 1.93. The summed E-state index contributed by atoms with van der Waals surface area (Å²) >= 11 is 2.60. The van der Waals surface area contributed by atoms with Crippen LogP contribution in [0.4, 0.5) is 5.13 Å². The molecule has 1 amide bonds. The van der Waals surface area contributed by atoms with Gasteiger partial charge in [0.25, 0.3) is 0 Å². The van der Waals surface area contributed by atoms with Crippen molar-refractivity contribution in [2.75, 3.05) is 24.8 Å². The first-order valence-corrected chi connectivity index (χ1v) is 11.2. The molecule has 0 fully saturated rings. The van der Waals surface area contributed by atoms with Crippen LogP contribution in [0.1, 0.15) is 12.5 Å². The predicted molar refractivity (Wildman–Crippen MR) is 123 cm³/mol. The van der Waals surface area contributed by atoms with Crippen molar-refractivity contribution in [1.82, 2.24) is 9.97 Å². The number of carbonyl (C=O) groups excluding carboxylic acids is 1. The number of thioether (sulfide) groups is 1. The first-order valence-electron chi connectivity index (χ1n) is 9.44. The third-order valence-electron chi connectivity index (χ3n) is 4.37. The SMILES string of the molecule is CCOc1ccc2nc(NC(=O)CSc3nc4cc(OC)ccc4cc3C#N)sc2c1. The van der Waals surface area contributed by atoms with Crippen LogP contribution in [0.3, 0.4) is 0 Å². The summed E-state index contributed by atoms with van der Waals surface area (Å²) in [6, 6.07) is 15.0. The van der Waals surface area contributed by atoms with Gasteiger partial charge in [-0.2, -0.15) is 5.26 Å². The van der Waals surface area contributed by atoms with Gasteiger partial charge in [0, 0.05) is 11.5 Å². The summed E-state index contributed by atoms with van der Waals surface area (Å²) in [7, 11) is 1.59. The maximum atomic E-state index is 12.5. The molecule has 7 nitrogen and oxygen atoms in total. The minimum Gasteiger partial charge on any atom is -0.497 e. The van der Waals surface area contributed by atoms with Crippen LogP contribution in [0.25, 0.3) is 21.1 Å². The Morgan fingerprint density at radius 1 is 1.16 bits per heavy atom. The second kappa shape index (κ2) is 9.20. The van der Waals surface area contributed by atoms with Gasteiger partial charge in [0.2, 0.25) is 5.91 Å². The van der Waals surface area contributed by atoms with E-state index in [0.29, 0.717) is 33.6 Å². The van der Waals surface area contributed by atoms with Crippen LogP contribution in [0.2, 0.25) is 0 Å². The van der Waals surface area contributed by atoms with E-state index in [1.54, 1.807) is 19.2 Å². The van der Waals surface area contributed by atoms with Crippen molar-refractivity contribution in [2.24, 2.45) is 0 Å². The zero-order chi connectivity index (χ0) is 21.8. The molecule has 0 spiro atoms. The maximum absolute atomic E-state index is 12.5. The van der Waals surface area contributed by atoms with Gasteiger partial charge in [0.1, 0.15) is 22.6 Å². The molecule has 0 saturated heterocycles. The van der Waals surface area contributed by atoms with Crippen LogP contribution >= 0.6 is 23.1 Å². The highest BCUT2D eigenvalue weighted by Crippen LogP contribution is 2.30. The van der Waals surface area contributed by atoms with Crippen LogP contribution < -0.4 is 14.8 Å². The van der Waals surface area contributed by atoms with Gasteiger partial charge in [-0.1, -0.05) is 23.1 Å². The Morgan fingerprint density at radius 2 is 2.00 bits per heavy atom. The number of nitrogens with one attached hydrogen (secondary N) is 1. The summed E-state index contributed by atoms with van der Waals surface area (Å²) in [5.74, 6) is 1.35. The van der Waals surface area contributed by atoms with Crippen LogP contribution in [0.5, 0.6) is 11.5 Å². The first-order chi connectivity index (χ1) is 15.1. The van der Waals surface area contributed by atoms with Gasteiger partial charge in [0.05, 0.1) is 40.8 Å². The highest BCUT2D eigenvalue weighted by Gasteiger charge is 2.13. The topological polar surface area (TPSA) is 97.1 Å². The van der Waals surface area contributed by atoms with Gasteiger partial charge in [-0.05, 0) is 43.3 Å². The van der Waals surface area contributed by atoms with E-state index in [0.717, 1.165) is 21.4 Å². The summed E-state index contributed by atoms with van der Waals surface area (Å²) < 4.78 is 11.7. The van der Waals surface area contributed by atoms with Crippen LogP contribution in [0.15, 0.2) is 47.5 Å². The Morgan fingerprint density at radius 3 is 2.77 bits per heavy atom. The fraction of sp³-hybridized carbons (Fsp3) is 0.182. The van der Waals surface area contributed by atoms with Crippen molar-refractivity contribution in [3.05, 3.63) is 48.0 Å². The average Bonchev–Trinajstić information content (AvgIpc) is 3.18. The quantitative estimate of drug-likeness (QED) is 0.402. The van der Waals surface area contributed by atoms with E-state index >= 15 is 0 Å². The molecule has 0 aliphatic rings. The molecule has 0 radical (unpaired) electrons. The maximum Gasteiger partial charge on any atom is 0.236 e. The van der Waals surface area contributed by atoms with Crippen molar-refractivity contribution in [3.8, 4) is 17.6 Å². The standard InChI is InChI=1S/C22H18N4O3S2/c1-3-29-16-6-7-17-19(10-16)31-22(25-17)26-20(27)12-30-21-14(11-23)8-13-4-5-15(28-2)9-18(13)24-21/h4-10H,3,12H2,1-2H3,(H,25,26,27). The highest BCUT2D eigenvalue weighted by atomic mass is 32.2. The minimum atomic E-state index is -0.217. The zero-order valence-corrected chi connectivity index (χ0v) is 18.5. The van der Waals surface area contributed by atoms with Gasteiger partial charge in [-0.3, -0.25) is 4.79 Å². The third-order valence-corrected chi connectivity index (χ3v) is 6.29. The number of methoxy groups -OCH3 is 1. The van der Waals surface area contributed by atoms with E-state index in [2.05, 4.69) is 21.4 Å². The van der Waals surface area contributed by atoms with E-state index in [1.807, 2.05) is 37.3 Å². The molecule has 1 N–H and O–H groups in total. The number of aromatic nitrogens is 2. The molecule has 2 aromatic heterocycles. The predicted octanol–water partition coefficient (Wildman–Crippen LogP) is 4.85. The van der Waals surface area contributed by atoms with E-state index in [9.17, 15) is 10.1 Å². The normalized spacial score (nSPS) is 10.7. The lowest BCUT2D eigenvalue weighted by Crippen LogP contribution is -2.14.